The topological polar surface area (TPSA) is 35.2 Å². The Morgan fingerprint density at radius 3 is 2.72 bits per heavy atom. The molecule has 2 N–H and O–H groups in total. The van der Waals surface area contributed by atoms with Gasteiger partial charge < -0.3 is 10.5 Å². The Labute approximate surface area is 108 Å². The van der Waals surface area contributed by atoms with Crippen LogP contribution in [0.25, 0.3) is 0 Å². The molecule has 1 atom stereocenters. The SMILES string of the molecule is CCC(N)(CC1CCOCC1)c1cccc(F)c1. The quantitative estimate of drug-likeness (QED) is 0.891. The Morgan fingerprint density at radius 2 is 2.11 bits per heavy atom. The summed E-state index contributed by atoms with van der Waals surface area (Å²) in [5.74, 6) is 0.384. The third-order valence-electron chi connectivity index (χ3n) is 4.02. The van der Waals surface area contributed by atoms with Gasteiger partial charge in [0.1, 0.15) is 5.82 Å². The van der Waals surface area contributed by atoms with Gasteiger partial charge in [-0.2, -0.15) is 0 Å². The average molecular weight is 251 g/mol. The number of hydrogen-bond donors (Lipinski definition) is 1. The van der Waals surface area contributed by atoms with E-state index in [0.29, 0.717) is 5.92 Å². The second-order valence-electron chi connectivity index (χ2n) is 5.28. The first-order valence-electron chi connectivity index (χ1n) is 6.77. The zero-order valence-corrected chi connectivity index (χ0v) is 11.0. The molecule has 0 radical (unpaired) electrons. The molecular formula is C15H22FNO. The van der Waals surface area contributed by atoms with Crippen LogP contribution in [0.2, 0.25) is 0 Å². The van der Waals surface area contributed by atoms with Crippen LogP contribution in [0.1, 0.15) is 38.2 Å². The molecule has 1 saturated heterocycles. The van der Waals surface area contributed by atoms with Crippen LogP contribution < -0.4 is 5.73 Å². The van der Waals surface area contributed by atoms with Crippen LogP contribution >= 0.6 is 0 Å². The molecule has 1 aliphatic rings. The summed E-state index contributed by atoms with van der Waals surface area (Å²) in [6.45, 7) is 3.73. The lowest BCUT2D eigenvalue weighted by molar-refractivity contribution is 0.0554. The van der Waals surface area contributed by atoms with Crippen molar-refractivity contribution >= 4 is 0 Å². The highest BCUT2D eigenvalue weighted by Gasteiger charge is 2.30. The van der Waals surface area contributed by atoms with Gasteiger partial charge in [0, 0.05) is 18.8 Å². The van der Waals surface area contributed by atoms with Crippen molar-refractivity contribution in [1.29, 1.82) is 0 Å². The second kappa shape index (κ2) is 5.81. The summed E-state index contributed by atoms with van der Waals surface area (Å²) >= 11 is 0. The van der Waals surface area contributed by atoms with E-state index in [1.54, 1.807) is 12.1 Å². The van der Waals surface area contributed by atoms with Gasteiger partial charge in [-0.05, 0) is 49.3 Å². The van der Waals surface area contributed by atoms with Gasteiger partial charge in [0.15, 0.2) is 0 Å². The number of nitrogens with two attached hydrogens (primary N) is 1. The van der Waals surface area contributed by atoms with Gasteiger partial charge in [0.2, 0.25) is 0 Å². The maximum atomic E-state index is 13.3. The van der Waals surface area contributed by atoms with Crippen molar-refractivity contribution in [2.75, 3.05) is 13.2 Å². The first-order chi connectivity index (χ1) is 8.64. The summed E-state index contributed by atoms with van der Waals surface area (Å²) in [5.41, 5.74) is 7.01. The van der Waals surface area contributed by atoms with Crippen LogP contribution in [0, 0.1) is 11.7 Å². The molecule has 1 aromatic carbocycles. The Kier molecular flexibility index (Phi) is 4.36. The molecule has 100 valence electrons. The predicted molar refractivity (Wildman–Crippen MR) is 70.7 cm³/mol. The molecule has 1 unspecified atom stereocenters. The van der Waals surface area contributed by atoms with Gasteiger partial charge >= 0.3 is 0 Å². The van der Waals surface area contributed by atoms with E-state index in [9.17, 15) is 4.39 Å². The van der Waals surface area contributed by atoms with Crippen molar-refractivity contribution in [3.8, 4) is 0 Å². The van der Waals surface area contributed by atoms with Crippen LogP contribution in [-0.4, -0.2) is 13.2 Å². The third-order valence-corrected chi connectivity index (χ3v) is 4.02. The zero-order chi connectivity index (χ0) is 13.0. The van der Waals surface area contributed by atoms with Crippen molar-refractivity contribution < 1.29 is 9.13 Å². The number of hydrogen-bond acceptors (Lipinski definition) is 2. The maximum Gasteiger partial charge on any atom is 0.123 e. The minimum absolute atomic E-state index is 0.206. The molecule has 0 amide bonds. The van der Waals surface area contributed by atoms with E-state index in [1.165, 1.54) is 6.07 Å². The fraction of sp³-hybridized carbons (Fsp3) is 0.600. The van der Waals surface area contributed by atoms with Crippen LogP contribution in [0.3, 0.4) is 0 Å². The van der Waals surface area contributed by atoms with E-state index in [0.717, 1.165) is 44.5 Å². The molecule has 1 fully saturated rings. The summed E-state index contributed by atoms with van der Waals surface area (Å²) in [7, 11) is 0. The number of ether oxygens (including phenoxy) is 1. The summed E-state index contributed by atoms with van der Waals surface area (Å²) < 4.78 is 18.7. The van der Waals surface area contributed by atoms with Crippen molar-refractivity contribution in [2.24, 2.45) is 11.7 Å². The highest BCUT2D eigenvalue weighted by Crippen LogP contribution is 2.33. The fourth-order valence-corrected chi connectivity index (χ4v) is 2.73. The molecule has 2 rings (SSSR count). The first kappa shape index (κ1) is 13.5. The lowest BCUT2D eigenvalue weighted by Gasteiger charge is -2.34. The lowest BCUT2D eigenvalue weighted by atomic mass is 9.78. The Morgan fingerprint density at radius 1 is 1.39 bits per heavy atom. The Bertz CT molecular complexity index is 390. The fourth-order valence-electron chi connectivity index (χ4n) is 2.73. The van der Waals surface area contributed by atoms with E-state index in [2.05, 4.69) is 6.92 Å². The molecule has 0 spiro atoms. The van der Waals surface area contributed by atoms with E-state index < -0.39 is 5.54 Å². The molecule has 0 saturated carbocycles. The normalized spacial score (nSPS) is 20.6. The highest BCUT2D eigenvalue weighted by atomic mass is 19.1. The van der Waals surface area contributed by atoms with Crippen molar-refractivity contribution in [1.82, 2.24) is 0 Å². The highest BCUT2D eigenvalue weighted by molar-refractivity contribution is 5.24. The molecule has 0 aromatic heterocycles. The van der Waals surface area contributed by atoms with Gasteiger partial charge in [0.05, 0.1) is 0 Å². The van der Waals surface area contributed by atoms with E-state index >= 15 is 0 Å². The van der Waals surface area contributed by atoms with Crippen LogP contribution in [-0.2, 0) is 10.3 Å². The number of halogens is 1. The molecule has 3 heteroatoms. The van der Waals surface area contributed by atoms with Gasteiger partial charge in [-0.15, -0.1) is 0 Å². The van der Waals surface area contributed by atoms with Crippen molar-refractivity contribution in [3.63, 3.8) is 0 Å². The first-order valence-corrected chi connectivity index (χ1v) is 6.77. The van der Waals surface area contributed by atoms with E-state index in [1.807, 2.05) is 6.07 Å². The van der Waals surface area contributed by atoms with Crippen molar-refractivity contribution in [2.45, 2.75) is 38.1 Å². The van der Waals surface area contributed by atoms with Gasteiger partial charge in [0.25, 0.3) is 0 Å². The second-order valence-corrected chi connectivity index (χ2v) is 5.28. The van der Waals surface area contributed by atoms with E-state index in [-0.39, 0.29) is 5.82 Å². The van der Waals surface area contributed by atoms with Crippen LogP contribution in [0.4, 0.5) is 4.39 Å². The largest absolute Gasteiger partial charge is 0.381 e. The van der Waals surface area contributed by atoms with E-state index in [4.69, 9.17) is 10.5 Å². The minimum Gasteiger partial charge on any atom is -0.381 e. The van der Waals surface area contributed by atoms with Gasteiger partial charge in [-0.3, -0.25) is 0 Å². The summed E-state index contributed by atoms with van der Waals surface area (Å²) in [6.07, 6.45) is 3.87. The average Bonchev–Trinajstić information content (AvgIpc) is 2.40. The Hall–Kier alpha value is -0.930. The molecule has 0 bridgehead atoms. The monoisotopic (exact) mass is 251 g/mol. The summed E-state index contributed by atoms with van der Waals surface area (Å²) in [4.78, 5) is 0. The van der Waals surface area contributed by atoms with Gasteiger partial charge in [-0.1, -0.05) is 19.1 Å². The predicted octanol–water partition coefficient (Wildman–Crippen LogP) is 3.21. The summed E-state index contributed by atoms with van der Waals surface area (Å²) in [5, 5.41) is 0. The molecule has 1 aliphatic heterocycles. The smallest absolute Gasteiger partial charge is 0.123 e. The third kappa shape index (κ3) is 3.09. The molecular weight excluding hydrogens is 229 g/mol. The summed E-state index contributed by atoms with van der Waals surface area (Å²) in [6, 6.07) is 6.72. The van der Waals surface area contributed by atoms with Gasteiger partial charge in [-0.25, -0.2) is 4.39 Å². The zero-order valence-electron chi connectivity index (χ0n) is 11.0. The molecule has 18 heavy (non-hydrogen) atoms. The number of benzene rings is 1. The minimum atomic E-state index is -0.413. The lowest BCUT2D eigenvalue weighted by Crippen LogP contribution is -2.39. The molecule has 0 aliphatic carbocycles. The van der Waals surface area contributed by atoms with Crippen LogP contribution in [0.15, 0.2) is 24.3 Å². The standard InChI is InChI=1S/C15H22FNO/c1-2-15(17,11-12-6-8-18-9-7-12)13-4-3-5-14(16)10-13/h3-5,10,12H,2,6-9,11,17H2,1H3. The Balaban J connectivity index is 2.13. The maximum absolute atomic E-state index is 13.3. The molecule has 1 aromatic rings. The van der Waals surface area contributed by atoms with Crippen molar-refractivity contribution in [3.05, 3.63) is 35.6 Å². The van der Waals surface area contributed by atoms with Crippen LogP contribution in [0.5, 0.6) is 0 Å². The molecule has 1 heterocycles. The molecule has 2 nitrogen and oxygen atoms in total. The number of rotatable bonds is 4.